The van der Waals surface area contributed by atoms with Crippen LogP contribution in [0.2, 0.25) is 0 Å². The summed E-state index contributed by atoms with van der Waals surface area (Å²) in [4.78, 5) is 4.20. The van der Waals surface area contributed by atoms with Crippen molar-refractivity contribution < 1.29 is 9.52 Å². The molecule has 0 saturated carbocycles. The molecule has 19 heavy (non-hydrogen) atoms. The van der Waals surface area contributed by atoms with Crippen LogP contribution in [0.3, 0.4) is 0 Å². The van der Waals surface area contributed by atoms with Crippen molar-refractivity contribution >= 4 is 26.9 Å². The van der Waals surface area contributed by atoms with Gasteiger partial charge in [-0.05, 0) is 40.2 Å². The standard InChI is InChI=1S/C15H12BrNO2/c16-12-6-3-4-10-8-14(19-15(10)12)13(18)9-11-5-1-2-7-17-11/h1-8,13,18H,9H2. The van der Waals surface area contributed by atoms with E-state index < -0.39 is 6.10 Å². The van der Waals surface area contributed by atoms with Crippen molar-refractivity contribution in [3.8, 4) is 0 Å². The molecule has 0 aliphatic rings. The predicted octanol–water partition coefficient (Wildman–Crippen LogP) is 3.87. The molecule has 1 aromatic carbocycles. The summed E-state index contributed by atoms with van der Waals surface area (Å²) >= 11 is 3.44. The molecule has 0 fully saturated rings. The summed E-state index contributed by atoms with van der Waals surface area (Å²) < 4.78 is 6.60. The number of furan rings is 1. The Balaban J connectivity index is 1.89. The van der Waals surface area contributed by atoms with E-state index in [4.69, 9.17) is 4.42 Å². The Kier molecular flexibility index (Phi) is 3.36. The molecule has 0 spiro atoms. The second-order valence-corrected chi connectivity index (χ2v) is 5.20. The first-order valence-electron chi connectivity index (χ1n) is 6.00. The summed E-state index contributed by atoms with van der Waals surface area (Å²) in [7, 11) is 0. The molecular weight excluding hydrogens is 306 g/mol. The highest BCUT2D eigenvalue weighted by Crippen LogP contribution is 2.30. The van der Waals surface area contributed by atoms with Crippen molar-refractivity contribution in [3.63, 3.8) is 0 Å². The van der Waals surface area contributed by atoms with Gasteiger partial charge < -0.3 is 9.52 Å². The van der Waals surface area contributed by atoms with Crippen molar-refractivity contribution in [2.24, 2.45) is 0 Å². The average molecular weight is 318 g/mol. The number of nitrogens with zero attached hydrogens (tertiary/aromatic N) is 1. The van der Waals surface area contributed by atoms with Crippen molar-refractivity contribution in [3.05, 3.63) is 64.6 Å². The molecule has 2 aromatic heterocycles. The van der Waals surface area contributed by atoms with Gasteiger partial charge in [0.25, 0.3) is 0 Å². The number of para-hydroxylation sites is 1. The Bertz CT molecular complexity index is 694. The number of aliphatic hydroxyl groups is 1. The maximum absolute atomic E-state index is 10.2. The van der Waals surface area contributed by atoms with Crippen LogP contribution in [0.25, 0.3) is 11.0 Å². The highest BCUT2D eigenvalue weighted by molar-refractivity contribution is 9.10. The summed E-state index contributed by atoms with van der Waals surface area (Å²) in [5.41, 5.74) is 1.60. The molecule has 0 amide bonds. The number of halogens is 1. The van der Waals surface area contributed by atoms with Crippen molar-refractivity contribution in [2.45, 2.75) is 12.5 Å². The topological polar surface area (TPSA) is 46.3 Å². The van der Waals surface area contributed by atoms with Gasteiger partial charge in [-0.25, -0.2) is 0 Å². The summed E-state index contributed by atoms with van der Waals surface area (Å²) in [5, 5.41) is 11.2. The third-order valence-electron chi connectivity index (χ3n) is 2.97. The van der Waals surface area contributed by atoms with E-state index in [9.17, 15) is 5.11 Å². The molecule has 0 aliphatic carbocycles. The predicted molar refractivity (Wildman–Crippen MR) is 76.8 cm³/mol. The third kappa shape index (κ3) is 2.55. The highest BCUT2D eigenvalue weighted by Gasteiger charge is 2.15. The molecule has 3 rings (SSSR count). The first kappa shape index (κ1) is 12.4. The molecule has 3 aromatic rings. The molecule has 96 valence electrons. The molecule has 4 heteroatoms. The van der Waals surface area contributed by atoms with Gasteiger partial charge in [0, 0.05) is 23.7 Å². The van der Waals surface area contributed by atoms with Gasteiger partial charge in [0.2, 0.25) is 0 Å². The third-order valence-corrected chi connectivity index (χ3v) is 3.60. The zero-order chi connectivity index (χ0) is 13.2. The first-order chi connectivity index (χ1) is 9.24. The Morgan fingerprint density at radius 3 is 2.84 bits per heavy atom. The van der Waals surface area contributed by atoms with Gasteiger partial charge >= 0.3 is 0 Å². The second-order valence-electron chi connectivity index (χ2n) is 4.35. The Hall–Kier alpha value is -1.65. The number of rotatable bonds is 3. The van der Waals surface area contributed by atoms with Gasteiger partial charge in [-0.15, -0.1) is 0 Å². The second kappa shape index (κ2) is 5.15. The molecule has 0 aliphatic heterocycles. The Morgan fingerprint density at radius 2 is 2.11 bits per heavy atom. The van der Waals surface area contributed by atoms with Gasteiger partial charge in [0.05, 0.1) is 4.47 Å². The van der Waals surface area contributed by atoms with E-state index in [2.05, 4.69) is 20.9 Å². The van der Waals surface area contributed by atoms with Gasteiger partial charge in [0.1, 0.15) is 17.4 Å². The maximum Gasteiger partial charge on any atom is 0.148 e. The van der Waals surface area contributed by atoms with E-state index >= 15 is 0 Å². The molecular formula is C15H12BrNO2. The average Bonchev–Trinajstić information content (AvgIpc) is 2.85. The number of aliphatic hydroxyl groups excluding tert-OH is 1. The van der Waals surface area contributed by atoms with Crippen LogP contribution < -0.4 is 0 Å². The molecule has 3 nitrogen and oxygen atoms in total. The van der Waals surface area contributed by atoms with Crippen molar-refractivity contribution in [1.29, 1.82) is 0 Å². The van der Waals surface area contributed by atoms with E-state index in [0.29, 0.717) is 12.2 Å². The molecule has 2 heterocycles. The van der Waals surface area contributed by atoms with Crippen LogP contribution in [0, 0.1) is 0 Å². The van der Waals surface area contributed by atoms with Gasteiger partial charge in [-0.2, -0.15) is 0 Å². The lowest BCUT2D eigenvalue weighted by Crippen LogP contribution is -2.01. The van der Waals surface area contributed by atoms with E-state index in [1.807, 2.05) is 42.5 Å². The summed E-state index contributed by atoms with van der Waals surface area (Å²) in [5.74, 6) is 0.563. The van der Waals surface area contributed by atoms with E-state index in [-0.39, 0.29) is 0 Å². The largest absolute Gasteiger partial charge is 0.457 e. The minimum atomic E-state index is -0.686. The smallest absolute Gasteiger partial charge is 0.148 e. The van der Waals surface area contributed by atoms with E-state index in [0.717, 1.165) is 21.1 Å². The Morgan fingerprint density at radius 1 is 1.21 bits per heavy atom. The summed E-state index contributed by atoms with van der Waals surface area (Å²) in [6, 6.07) is 13.3. The quantitative estimate of drug-likeness (QED) is 0.797. The Labute approximate surface area is 119 Å². The lowest BCUT2D eigenvalue weighted by atomic mass is 10.1. The number of aromatic nitrogens is 1. The van der Waals surface area contributed by atoms with Crippen LogP contribution >= 0.6 is 15.9 Å². The maximum atomic E-state index is 10.2. The van der Waals surface area contributed by atoms with Crippen LogP contribution in [0.5, 0.6) is 0 Å². The van der Waals surface area contributed by atoms with Crippen LogP contribution in [-0.4, -0.2) is 10.1 Å². The molecule has 1 unspecified atom stereocenters. The summed E-state index contributed by atoms with van der Waals surface area (Å²) in [6.45, 7) is 0. The van der Waals surface area contributed by atoms with E-state index in [1.165, 1.54) is 0 Å². The molecule has 0 radical (unpaired) electrons. The lowest BCUT2D eigenvalue weighted by molar-refractivity contribution is 0.151. The number of pyridine rings is 1. The monoisotopic (exact) mass is 317 g/mol. The normalized spacial score (nSPS) is 12.7. The fourth-order valence-corrected chi connectivity index (χ4v) is 2.49. The number of fused-ring (bicyclic) bond motifs is 1. The van der Waals surface area contributed by atoms with Crippen LogP contribution in [0.15, 0.2) is 57.6 Å². The number of benzene rings is 1. The van der Waals surface area contributed by atoms with Gasteiger partial charge in [-0.1, -0.05) is 18.2 Å². The molecule has 0 saturated heterocycles. The molecule has 0 bridgehead atoms. The SMILES string of the molecule is OC(Cc1ccccn1)c1cc2cccc(Br)c2o1. The highest BCUT2D eigenvalue weighted by atomic mass is 79.9. The minimum absolute atomic E-state index is 0.443. The minimum Gasteiger partial charge on any atom is -0.457 e. The zero-order valence-corrected chi connectivity index (χ0v) is 11.7. The van der Waals surface area contributed by atoms with Crippen LogP contribution in [0.4, 0.5) is 0 Å². The van der Waals surface area contributed by atoms with Crippen LogP contribution in [0.1, 0.15) is 17.6 Å². The molecule has 1 N–H and O–H groups in total. The molecule has 1 atom stereocenters. The van der Waals surface area contributed by atoms with Crippen LogP contribution in [-0.2, 0) is 6.42 Å². The number of hydrogen-bond acceptors (Lipinski definition) is 3. The van der Waals surface area contributed by atoms with E-state index in [1.54, 1.807) is 6.20 Å². The van der Waals surface area contributed by atoms with Gasteiger partial charge in [0.15, 0.2) is 0 Å². The van der Waals surface area contributed by atoms with Crippen molar-refractivity contribution in [2.75, 3.05) is 0 Å². The number of hydrogen-bond donors (Lipinski definition) is 1. The fourth-order valence-electron chi connectivity index (χ4n) is 2.03. The first-order valence-corrected chi connectivity index (χ1v) is 6.79. The summed E-state index contributed by atoms with van der Waals surface area (Å²) in [6.07, 6.45) is 1.48. The fraction of sp³-hybridized carbons (Fsp3) is 0.133. The van der Waals surface area contributed by atoms with Gasteiger partial charge in [-0.3, -0.25) is 4.98 Å². The zero-order valence-electron chi connectivity index (χ0n) is 10.1. The lowest BCUT2D eigenvalue weighted by Gasteiger charge is -2.06. The van der Waals surface area contributed by atoms with Crippen molar-refractivity contribution in [1.82, 2.24) is 4.98 Å².